The third-order valence-corrected chi connectivity index (χ3v) is 5.74. The van der Waals surface area contributed by atoms with E-state index < -0.39 is 10.0 Å². The summed E-state index contributed by atoms with van der Waals surface area (Å²) in [5, 5.41) is 0.489. The van der Waals surface area contributed by atoms with Crippen LogP contribution in [0.2, 0.25) is 5.02 Å². The first-order chi connectivity index (χ1) is 8.99. The van der Waals surface area contributed by atoms with Gasteiger partial charge >= 0.3 is 0 Å². The Labute approximate surface area is 126 Å². The fraction of sp³-hybridized carbons (Fsp3) is 0.500. The van der Waals surface area contributed by atoms with Crippen LogP contribution in [0.3, 0.4) is 0 Å². The second kappa shape index (κ2) is 6.54. The van der Waals surface area contributed by atoms with Gasteiger partial charge in [0.05, 0.1) is 9.92 Å². The molecule has 1 aliphatic rings. The van der Waals surface area contributed by atoms with Gasteiger partial charge in [0, 0.05) is 24.2 Å². The standard InChI is InChI=1S/C12H15BrClNO3S/c13-11-7-10(1-2-12(11)14)19(16,17)15-8-9-3-5-18-6-4-9/h1-2,7,9,15H,3-6,8H2. The van der Waals surface area contributed by atoms with Crippen LogP contribution in [0.1, 0.15) is 12.8 Å². The van der Waals surface area contributed by atoms with E-state index in [1.54, 1.807) is 6.07 Å². The zero-order valence-corrected chi connectivity index (χ0v) is 13.4. The number of benzene rings is 1. The van der Waals surface area contributed by atoms with Gasteiger partial charge in [0.15, 0.2) is 0 Å². The molecule has 106 valence electrons. The Morgan fingerprint density at radius 1 is 1.37 bits per heavy atom. The monoisotopic (exact) mass is 367 g/mol. The topological polar surface area (TPSA) is 55.4 Å². The molecule has 0 saturated carbocycles. The maximum atomic E-state index is 12.1. The highest BCUT2D eigenvalue weighted by Crippen LogP contribution is 2.25. The van der Waals surface area contributed by atoms with Crippen molar-refractivity contribution in [2.75, 3.05) is 19.8 Å². The number of ether oxygens (including phenoxy) is 1. The van der Waals surface area contributed by atoms with Crippen LogP contribution < -0.4 is 4.72 Å². The van der Waals surface area contributed by atoms with Crippen molar-refractivity contribution in [1.82, 2.24) is 4.72 Å². The predicted molar refractivity (Wildman–Crippen MR) is 77.9 cm³/mol. The summed E-state index contributed by atoms with van der Waals surface area (Å²) in [6.45, 7) is 1.86. The minimum absolute atomic E-state index is 0.218. The molecule has 1 aliphatic heterocycles. The molecule has 0 spiro atoms. The molecule has 0 aliphatic carbocycles. The first kappa shape index (κ1) is 15.3. The highest BCUT2D eigenvalue weighted by molar-refractivity contribution is 9.10. The minimum atomic E-state index is -3.48. The van der Waals surface area contributed by atoms with Crippen LogP contribution in [0, 0.1) is 5.92 Å². The molecule has 0 amide bonds. The highest BCUT2D eigenvalue weighted by Gasteiger charge is 2.19. The zero-order chi connectivity index (χ0) is 13.9. The Kier molecular flexibility index (Phi) is 5.25. The summed E-state index contributed by atoms with van der Waals surface area (Å²) in [6, 6.07) is 4.57. The lowest BCUT2D eigenvalue weighted by molar-refractivity contribution is 0.0678. The van der Waals surface area contributed by atoms with Crippen LogP contribution in [0.15, 0.2) is 27.6 Å². The van der Waals surface area contributed by atoms with E-state index in [1.807, 2.05) is 0 Å². The molecule has 0 aromatic heterocycles. The van der Waals surface area contributed by atoms with E-state index in [1.165, 1.54) is 12.1 Å². The SMILES string of the molecule is O=S(=O)(NCC1CCOCC1)c1ccc(Cl)c(Br)c1. The predicted octanol–water partition coefficient (Wildman–Crippen LogP) is 2.81. The average molecular weight is 369 g/mol. The van der Waals surface area contributed by atoms with Crippen LogP contribution in [-0.2, 0) is 14.8 Å². The number of hydrogen-bond donors (Lipinski definition) is 1. The summed E-state index contributed by atoms with van der Waals surface area (Å²) < 4.78 is 32.7. The Morgan fingerprint density at radius 3 is 2.68 bits per heavy atom. The van der Waals surface area contributed by atoms with Gasteiger partial charge in [-0.2, -0.15) is 0 Å². The molecule has 1 aromatic rings. The molecule has 0 bridgehead atoms. The summed E-state index contributed by atoms with van der Waals surface area (Å²) in [7, 11) is -3.48. The van der Waals surface area contributed by atoms with Crippen LogP contribution >= 0.6 is 27.5 Å². The van der Waals surface area contributed by atoms with E-state index in [9.17, 15) is 8.42 Å². The lowest BCUT2D eigenvalue weighted by Crippen LogP contribution is -2.32. The van der Waals surface area contributed by atoms with Crippen molar-refractivity contribution in [2.45, 2.75) is 17.7 Å². The molecule has 0 radical (unpaired) electrons. The van der Waals surface area contributed by atoms with Gasteiger partial charge in [-0.15, -0.1) is 0 Å². The van der Waals surface area contributed by atoms with Gasteiger partial charge in [-0.1, -0.05) is 11.6 Å². The molecule has 1 heterocycles. The van der Waals surface area contributed by atoms with Crippen LogP contribution in [0.25, 0.3) is 0 Å². The number of halogens is 2. The van der Waals surface area contributed by atoms with Gasteiger partial charge in [0.2, 0.25) is 10.0 Å². The largest absolute Gasteiger partial charge is 0.381 e. The van der Waals surface area contributed by atoms with Crippen LogP contribution in [0.5, 0.6) is 0 Å². The van der Waals surface area contributed by atoms with E-state index in [0.29, 0.717) is 35.2 Å². The van der Waals surface area contributed by atoms with Gasteiger partial charge < -0.3 is 4.74 Å². The molecular formula is C12H15BrClNO3S. The van der Waals surface area contributed by atoms with E-state index in [4.69, 9.17) is 16.3 Å². The number of sulfonamides is 1. The smallest absolute Gasteiger partial charge is 0.240 e. The van der Waals surface area contributed by atoms with Crippen molar-refractivity contribution in [3.8, 4) is 0 Å². The van der Waals surface area contributed by atoms with Crippen molar-refractivity contribution >= 4 is 37.6 Å². The highest BCUT2D eigenvalue weighted by atomic mass is 79.9. The van der Waals surface area contributed by atoms with Crippen molar-refractivity contribution in [3.05, 3.63) is 27.7 Å². The number of rotatable bonds is 4. The number of hydrogen-bond acceptors (Lipinski definition) is 3. The molecule has 0 unspecified atom stereocenters. The van der Waals surface area contributed by atoms with Gasteiger partial charge in [-0.05, 0) is 52.9 Å². The normalized spacial score (nSPS) is 17.6. The van der Waals surface area contributed by atoms with Gasteiger partial charge in [-0.25, -0.2) is 13.1 Å². The molecule has 1 saturated heterocycles. The van der Waals surface area contributed by atoms with Gasteiger partial charge in [0.25, 0.3) is 0 Å². The summed E-state index contributed by atoms with van der Waals surface area (Å²) >= 11 is 9.08. The van der Waals surface area contributed by atoms with Crippen LogP contribution in [-0.4, -0.2) is 28.2 Å². The van der Waals surface area contributed by atoms with Crippen molar-refractivity contribution in [3.63, 3.8) is 0 Å². The van der Waals surface area contributed by atoms with Crippen molar-refractivity contribution in [2.24, 2.45) is 5.92 Å². The molecule has 2 rings (SSSR count). The zero-order valence-electron chi connectivity index (χ0n) is 10.2. The van der Waals surface area contributed by atoms with E-state index in [0.717, 1.165) is 12.8 Å². The molecule has 1 fully saturated rings. The maximum Gasteiger partial charge on any atom is 0.240 e. The van der Waals surface area contributed by atoms with E-state index in [-0.39, 0.29) is 4.90 Å². The first-order valence-corrected chi connectivity index (χ1v) is 8.67. The summed E-state index contributed by atoms with van der Waals surface area (Å²) in [5.74, 6) is 0.347. The molecule has 7 heteroatoms. The quantitative estimate of drug-likeness (QED) is 0.889. The second-order valence-electron chi connectivity index (χ2n) is 4.48. The Hall–Kier alpha value is -0.140. The fourth-order valence-corrected chi connectivity index (χ4v) is 3.70. The Morgan fingerprint density at radius 2 is 2.05 bits per heavy atom. The molecular weight excluding hydrogens is 354 g/mol. The van der Waals surface area contributed by atoms with E-state index in [2.05, 4.69) is 20.7 Å². The fourth-order valence-electron chi connectivity index (χ4n) is 1.91. The van der Waals surface area contributed by atoms with E-state index >= 15 is 0 Å². The van der Waals surface area contributed by atoms with Crippen molar-refractivity contribution < 1.29 is 13.2 Å². The third kappa shape index (κ3) is 4.16. The maximum absolute atomic E-state index is 12.1. The summed E-state index contributed by atoms with van der Waals surface area (Å²) in [4.78, 5) is 0.218. The number of nitrogens with one attached hydrogen (secondary N) is 1. The molecule has 1 N–H and O–H groups in total. The second-order valence-corrected chi connectivity index (χ2v) is 7.51. The van der Waals surface area contributed by atoms with Gasteiger partial charge in [-0.3, -0.25) is 0 Å². The Balaban J connectivity index is 2.02. The summed E-state index contributed by atoms with van der Waals surface area (Å²) in [6.07, 6.45) is 1.79. The molecule has 1 aromatic carbocycles. The minimum Gasteiger partial charge on any atom is -0.381 e. The lowest BCUT2D eigenvalue weighted by atomic mass is 10.0. The van der Waals surface area contributed by atoms with Gasteiger partial charge in [0.1, 0.15) is 0 Å². The lowest BCUT2D eigenvalue weighted by Gasteiger charge is -2.22. The molecule has 19 heavy (non-hydrogen) atoms. The first-order valence-electron chi connectivity index (χ1n) is 6.01. The molecule has 0 atom stereocenters. The average Bonchev–Trinajstić information content (AvgIpc) is 2.41. The molecule has 4 nitrogen and oxygen atoms in total. The summed E-state index contributed by atoms with van der Waals surface area (Å²) in [5.41, 5.74) is 0. The van der Waals surface area contributed by atoms with Crippen molar-refractivity contribution in [1.29, 1.82) is 0 Å². The third-order valence-electron chi connectivity index (χ3n) is 3.10. The van der Waals surface area contributed by atoms with Crippen LogP contribution in [0.4, 0.5) is 0 Å². The Bertz CT molecular complexity index is 544.